The predicted octanol–water partition coefficient (Wildman–Crippen LogP) is -1.50. The van der Waals surface area contributed by atoms with Gasteiger partial charge in [0.05, 0.1) is 13.1 Å². The van der Waals surface area contributed by atoms with Gasteiger partial charge in [-0.1, -0.05) is 0 Å². The summed E-state index contributed by atoms with van der Waals surface area (Å²) < 4.78 is 0. The zero-order valence-corrected chi connectivity index (χ0v) is 12.3. The number of rotatable bonds is 5. The van der Waals surface area contributed by atoms with Gasteiger partial charge in [0, 0.05) is 30.0 Å². The van der Waals surface area contributed by atoms with Gasteiger partial charge in [-0.3, -0.25) is 14.4 Å². The molecule has 0 aliphatic carbocycles. The summed E-state index contributed by atoms with van der Waals surface area (Å²) in [6.45, 7) is 1.88. The summed E-state index contributed by atoms with van der Waals surface area (Å²) in [4.78, 5) is 35.2. The average molecular weight is 305 g/mol. The lowest BCUT2D eigenvalue weighted by Crippen LogP contribution is -3.14. The largest absolute Gasteiger partial charge is 0.369 e. The Bertz CT molecular complexity index is 563. The van der Waals surface area contributed by atoms with Crippen molar-refractivity contribution in [2.24, 2.45) is 17.4 Å². The lowest BCUT2D eigenvalue weighted by Gasteiger charge is -2.27. The van der Waals surface area contributed by atoms with Crippen molar-refractivity contribution in [3.05, 3.63) is 29.8 Å². The Morgan fingerprint density at radius 3 is 2.18 bits per heavy atom. The third kappa shape index (κ3) is 4.29. The minimum Gasteiger partial charge on any atom is -0.369 e. The van der Waals surface area contributed by atoms with Crippen molar-refractivity contribution < 1.29 is 19.3 Å². The fraction of sp³-hybridized carbons (Fsp3) is 0.400. The van der Waals surface area contributed by atoms with E-state index >= 15 is 0 Å². The minimum absolute atomic E-state index is 0.0619. The molecular formula is C15H21N4O3+. The van der Waals surface area contributed by atoms with Crippen LogP contribution in [0.1, 0.15) is 23.2 Å². The van der Waals surface area contributed by atoms with Crippen molar-refractivity contribution >= 4 is 23.4 Å². The van der Waals surface area contributed by atoms with Gasteiger partial charge in [-0.15, -0.1) is 0 Å². The van der Waals surface area contributed by atoms with Gasteiger partial charge in [-0.05, 0) is 24.3 Å². The standard InChI is InChI=1S/C15H20N4O3/c16-14(21)10-1-3-12(4-2-10)18-13(20)9-19-7-5-11(6-8-19)15(17)22/h1-4,11H,5-9H2,(H2,16,21)(H2,17,22)(H,18,20)/p+1. The number of anilines is 1. The van der Waals surface area contributed by atoms with Gasteiger partial charge in [-0.2, -0.15) is 0 Å². The predicted molar refractivity (Wildman–Crippen MR) is 81.1 cm³/mol. The van der Waals surface area contributed by atoms with E-state index in [1.807, 2.05) is 0 Å². The Hall–Kier alpha value is -2.41. The summed E-state index contributed by atoms with van der Waals surface area (Å²) >= 11 is 0. The molecule has 3 amide bonds. The topological polar surface area (TPSA) is 120 Å². The first-order valence-electron chi connectivity index (χ1n) is 7.28. The maximum absolute atomic E-state index is 12.0. The van der Waals surface area contributed by atoms with E-state index < -0.39 is 5.91 Å². The van der Waals surface area contributed by atoms with E-state index in [9.17, 15) is 14.4 Å². The van der Waals surface area contributed by atoms with Crippen LogP contribution in [-0.4, -0.2) is 37.4 Å². The Morgan fingerprint density at radius 1 is 1.09 bits per heavy atom. The molecule has 6 N–H and O–H groups in total. The highest BCUT2D eigenvalue weighted by Gasteiger charge is 2.26. The Balaban J connectivity index is 1.81. The summed E-state index contributed by atoms with van der Waals surface area (Å²) in [5.74, 6) is -0.912. The summed E-state index contributed by atoms with van der Waals surface area (Å²) in [5.41, 5.74) is 11.5. The molecule has 1 aliphatic heterocycles. The van der Waals surface area contributed by atoms with Crippen LogP contribution in [0, 0.1) is 5.92 Å². The number of carbonyl (C=O) groups excluding carboxylic acids is 3. The first-order chi connectivity index (χ1) is 10.5. The Kier molecular flexibility index (Phi) is 5.11. The molecule has 0 bridgehead atoms. The molecule has 1 heterocycles. The third-order valence-electron chi connectivity index (χ3n) is 3.96. The smallest absolute Gasteiger partial charge is 0.279 e. The molecule has 1 aromatic rings. The quantitative estimate of drug-likeness (QED) is 0.530. The van der Waals surface area contributed by atoms with Gasteiger partial charge in [-0.25, -0.2) is 0 Å². The Labute approximate surface area is 128 Å². The number of piperidine rings is 1. The minimum atomic E-state index is -0.500. The van der Waals surface area contributed by atoms with Gasteiger partial charge in [0.25, 0.3) is 5.91 Å². The van der Waals surface area contributed by atoms with E-state index in [2.05, 4.69) is 5.32 Å². The molecule has 22 heavy (non-hydrogen) atoms. The molecule has 2 rings (SSSR count). The van der Waals surface area contributed by atoms with Crippen molar-refractivity contribution in [1.82, 2.24) is 0 Å². The van der Waals surface area contributed by atoms with Crippen LogP contribution < -0.4 is 21.7 Å². The van der Waals surface area contributed by atoms with E-state index in [0.29, 0.717) is 17.8 Å². The zero-order chi connectivity index (χ0) is 16.1. The molecule has 0 radical (unpaired) electrons. The van der Waals surface area contributed by atoms with Crippen molar-refractivity contribution in [3.8, 4) is 0 Å². The number of nitrogens with two attached hydrogens (primary N) is 2. The van der Waals surface area contributed by atoms with E-state index in [4.69, 9.17) is 11.5 Å². The number of benzene rings is 1. The molecule has 0 spiro atoms. The molecule has 7 heteroatoms. The molecule has 1 fully saturated rings. The highest BCUT2D eigenvalue weighted by atomic mass is 16.2. The van der Waals surface area contributed by atoms with Crippen molar-refractivity contribution in [1.29, 1.82) is 0 Å². The van der Waals surface area contributed by atoms with E-state index in [-0.39, 0.29) is 17.7 Å². The number of likely N-dealkylation sites (tertiary alicyclic amines) is 1. The van der Waals surface area contributed by atoms with Gasteiger partial charge >= 0.3 is 0 Å². The molecule has 1 saturated heterocycles. The second kappa shape index (κ2) is 7.04. The lowest BCUT2D eigenvalue weighted by molar-refractivity contribution is -0.897. The molecule has 7 nitrogen and oxygen atoms in total. The molecule has 0 saturated carbocycles. The number of primary amides is 2. The number of carbonyl (C=O) groups is 3. The maximum atomic E-state index is 12.0. The monoisotopic (exact) mass is 305 g/mol. The normalized spacial score (nSPS) is 21.1. The fourth-order valence-corrected chi connectivity index (χ4v) is 2.64. The first-order valence-corrected chi connectivity index (χ1v) is 7.28. The molecule has 1 aliphatic rings. The van der Waals surface area contributed by atoms with Gasteiger partial charge in [0.15, 0.2) is 6.54 Å². The second-order valence-corrected chi connectivity index (χ2v) is 5.59. The van der Waals surface area contributed by atoms with Crippen molar-refractivity contribution in [2.75, 3.05) is 25.0 Å². The summed E-state index contributed by atoms with van der Waals surface area (Å²) in [7, 11) is 0. The Morgan fingerprint density at radius 2 is 1.68 bits per heavy atom. The fourth-order valence-electron chi connectivity index (χ4n) is 2.64. The van der Waals surface area contributed by atoms with Crippen molar-refractivity contribution in [3.63, 3.8) is 0 Å². The maximum Gasteiger partial charge on any atom is 0.279 e. The number of nitrogens with one attached hydrogen (secondary N) is 2. The van der Waals surface area contributed by atoms with Crippen LogP contribution >= 0.6 is 0 Å². The zero-order valence-electron chi connectivity index (χ0n) is 12.3. The summed E-state index contributed by atoms with van der Waals surface area (Å²) in [6.07, 6.45) is 1.45. The van der Waals surface area contributed by atoms with Crippen LogP contribution in [0.15, 0.2) is 24.3 Å². The number of quaternary nitrogens is 1. The molecule has 0 atom stereocenters. The van der Waals surface area contributed by atoms with Crippen LogP contribution in [0.5, 0.6) is 0 Å². The van der Waals surface area contributed by atoms with E-state index in [1.54, 1.807) is 24.3 Å². The van der Waals surface area contributed by atoms with Crippen LogP contribution in [0.3, 0.4) is 0 Å². The van der Waals surface area contributed by atoms with Gasteiger partial charge in [0.2, 0.25) is 11.8 Å². The number of hydrogen-bond acceptors (Lipinski definition) is 3. The number of amides is 3. The summed E-state index contributed by atoms with van der Waals surface area (Å²) in [6, 6.07) is 6.44. The van der Waals surface area contributed by atoms with E-state index in [1.165, 1.54) is 0 Å². The first kappa shape index (κ1) is 16.0. The molecule has 0 unspecified atom stereocenters. The lowest BCUT2D eigenvalue weighted by atomic mass is 9.96. The highest BCUT2D eigenvalue weighted by molar-refractivity contribution is 5.95. The van der Waals surface area contributed by atoms with Crippen LogP contribution in [0.25, 0.3) is 0 Å². The van der Waals surface area contributed by atoms with Crippen LogP contribution in [-0.2, 0) is 9.59 Å². The molecule has 0 aromatic heterocycles. The van der Waals surface area contributed by atoms with Crippen LogP contribution in [0.2, 0.25) is 0 Å². The average Bonchev–Trinajstić information content (AvgIpc) is 2.48. The van der Waals surface area contributed by atoms with Gasteiger partial charge in [0.1, 0.15) is 0 Å². The SMILES string of the molecule is NC(=O)c1ccc(NC(=O)C[NH+]2CCC(C(N)=O)CC2)cc1. The molecule has 1 aromatic carbocycles. The number of hydrogen-bond donors (Lipinski definition) is 4. The second-order valence-electron chi connectivity index (χ2n) is 5.59. The molecular weight excluding hydrogens is 284 g/mol. The van der Waals surface area contributed by atoms with Crippen LogP contribution in [0.4, 0.5) is 5.69 Å². The van der Waals surface area contributed by atoms with Crippen molar-refractivity contribution in [2.45, 2.75) is 12.8 Å². The molecule has 118 valence electrons. The summed E-state index contributed by atoms with van der Waals surface area (Å²) in [5, 5.41) is 2.79. The van der Waals surface area contributed by atoms with E-state index in [0.717, 1.165) is 30.8 Å². The highest BCUT2D eigenvalue weighted by Crippen LogP contribution is 2.09. The van der Waals surface area contributed by atoms with Gasteiger partial charge < -0.3 is 21.7 Å². The third-order valence-corrected chi connectivity index (χ3v) is 3.96.